The van der Waals surface area contributed by atoms with Gasteiger partial charge in [-0.15, -0.1) is 0 Å². The van der Waals surface area contributed by atoms with Crippen molar-refractivity contribution in [3.8, 4) is 6.07 Å². The molecule has 0 amide bonds. The molecule has 0 aliphatic carbocycles. The van der Waals surface area contributed by atoms with E-state index in [9.17, 15) is 0 Å². The summed E-state index contributed by atoms with van der Waals surface area (Å²) in [6.45, 7) is 0. The normalized spacial score (nSPS) is 10.7. The maximum Gasteiger partial charge on any atom is 0.101 e. The second-order valence-electron chi connectivity index (χ2n) is 4.58. The van der Waals surface area contributed by atoms with Gasteiger partial charge in [-0.1, -0.05) is 0 Å². The number of benzene rings is 3. The summed E-state index contributed by atoms with van der Waals surface area (Å²) < 4.78 is 0. The minimum Gasteiger partial charge on any atom is -0.398 e. The number of nitrogen functional groups attached to an aromatic ring is 3. The van der Waals surface area contributed by atoms with E-state index in [-0.39, 0.29) is 0 Å². The van der Waals surface area contributed by atoms with Crippen LogP contribution in [0.2, 0.25) is 0 Å². The fourth-order valence-electron chi connectivity index (χ4n) is 2.25. The molecule has 3 aromatic rings. The van der Waals surface area contributed by atoms with Crippen LogP contribution in [0.3, 0.4) is 0 Å². The molecule has 92 valence electrons. The van der Waals surface area contributed by atoms with E-state index in [4.69, 9.17) is 22.5 Å². The first-order valence-electron chi connectivity index (χ1n) is 5.80. The first kappa shape index (κ1) is 11.2. The first-order valence-corrected chi connectivity index (χ1v) is 5.80. The van der Waals surface area contributed by atoms with E-state index in [2.05, 4.69) is 6.07 Å². The molecule has 0 radical (unpaired) electrons. The highest BCUT2D eigenvalue weighted by Gasteiger charge is 2.05. The first-order chi connectivity index (χ1) is 9.08. The van der Waals surface area contributed by atoms with Gasteiger partial charge in [0.1, 0.15) is 6.07 Å². The highest BCUT2D eigenvalue weighted by Crippen LogP contribution is 2.30. The molecule has 0 atom stereocenters. The van der Waals surface area contributed by atoms with Crippen molar-refractivity contribution in [3.05, 3.63) is 42.0 Å². The molecule has 3 rings (SSSR count). The predicted octanol–water partition coefficient (Wildman–Crippen LogP) is 2.61. The molecule has 0 saturated heterocycles. The lowest BCUT2D eigenvalue weighted by atomic mass is 10.00. The Labute approximate surface area is 110 Å². The van der Waals surface area contributed by atoms with Gasteiger partial charge in [0, 0.05) is 0 Å². The molecule has 0 aromatic heterocycles. The SMILES string of the molecule is N#Cc1cc2cc3cc(N)c(N)cc3cc2cc1N. The average Bonchev–Trinajstić information content (AvgIpc) is 2.38. The van der Waals surface area contributed by atoms with Crippen LogP contribution in [0.25, 0.3) is 21.5 Å². The molecular formula is C15H12N4. The van der Waals surface area contributed by atoms with Crippen LogP contribution in [0.5, 0.6) is 0 Å². The predicted molar refractivity (Wildman–Crippen MR) is 79.4 cm³/mol. The average molecular weight is 248 g/mol. The Morgan fingerprint density at radius 1 is 0.632 bits per heavy atom. The number of anilines is 3. The molecule has 0 saturated carbocycles. The number of nitrogens with two attached hydrogens (primary N) is 3. The van der Waals surface area contributed by atoms with Crippen LogP contribution in [0.15, 0.2) is 36.4 Å². The topological polar surface area (TPSA) is 102 Å². The maximum absolute atomic E-state index is 9.01. The highest BCUT2D eigenvalue weighted by atomic mass is 14.7. The van der Waals surface area contributed by atoms with Gasteiger partial charge in [0.2, 0.25) is 0 Å². The fourth-order valence-corrected chi connectivity index (χ4v) is 2.25. The van der Waals surface area contributed by atoms with Crippen LogP contribution < -0.4 is 17.2 Å². The number of nitrogens with zero attached hydrogens (tertiary/aromatic N) is 1. The van der Waals surface area contributed by atoms with Crippen LogP contribution in [0, 0.1) is 11.3 Å². The smallest absolute Gasteiger partial charge is 0.101 e. The van der Waals surface area contributed by atoms with Crippen molar-refractivity contribution in [2.24, 2.45) is 0 Å². The minimum atomic E-state index is 0.482. The zero-order valence-electron chi connectivity index (χ0n) is 10.1. The van der Waals surface area contributed by atoms with E-state index in [1.165, 1.54) is 0 Å². The molecule has 0 aliphatic rings. The Morgan fingerprint density at radius 2 is 1.05 bits per heavy atom. The number of hydrogen-bond donors (Lipinski definition) is 3. The van der Waals surface area contributed by atoms with Gasteiger partial charge in [-0.25, -0.2) is 0 Å². The monoisotopic (exact) mass is 248 g/mol. The Hall–Kier alpha value is -2.93. The largest absolute Gasteiger partial charge is 0.398 e. The summed E-state index contributed by atoms with van der Waals surface area (Å²) >= 11 is 0. The quantitative estimate of drug-likeness (QED) is 0.420. The van der Waals surface area contributed by atoms with Gasteiger partial charge in [0.15, 0.2) is 0 Å². The van der Waals surface area contributed by atoms with Gasteiger partial charge >= 0.3 is 0 Å². The molecule has 0 fully saturated rings. The molecular weight excluding hydrogens is 236 g/mol. The molecule has 0 unspecified atom stereocenters. The molecule has 0 bridgehead atoms. The third kappa shape index (κ3) is 1.69. The Balaban J connectivity index is 2.42. The van der Waals surface area contributed by atoms with Crippen molar-refractivity contribution in [3.63, 3.8) is 0 Å². The van der Waals surface area contributed by atoms with Gasteiger partial charge in [0.25, 0.3) is 0 Å². The minimum absolute atomic E-state index is 0.482. The lowest BCUT2D eigenvalue weighted by molar-refractivity contribution is 1.50. The van der Waals surface area contributed by atoms with Crippen molar-refractivity contribution in [1.82, 2.24) is 0 Å². The lowest BCUT2D eigenvalue weighted by Crippen LogP contribution is -1.94. The molecule has 19 heavy (non-hydrogen) atoms. The number of nitriles is 1. The Kier molecular flexibility index (Phi) is 2.23. The summed E-state index contributed by atoms with van der Waals surface area (Å²) in [5, 5.41) is 12.9. The fraction of sp³-hybridized carbons (Fsp3) is 0. The van der Waals surface area contributed by atoms with Crippen molar-refractivity contribution in [2.75, 3.05) is 17.2 Å². The van der Waals surface area contributed by atoms with Gasteiger partial charge in [0.05, 0.1) is 22.6 Å². The van der Waals surface area contributed by atoms with E-state index < -0.39 is 0 Å². The van der Waals surface area contributed by atoms with Crippen LogP contribution in [0.1, 0.15) is 5.56 Å². The van der Waals surface area contributed by atoms with Crippen molar-refractivity contribution in [1.29, 1.82) is 5.26 Å². The molecule has 6 N–H and O–H groups in total. The van der Waals surface area contributed by atoms with Crippen LogP contribution in [0.4, 0.5) is 17.1 Å². The number of hydrogen-bond acceptors (Lipinski definition) is 4. The van der Waals surface area contributed by atoms with E-state index in [0.29, 0.717) is 22.6 Å². The second kappa shape index (κ2) is 3.79. The van der Waals surface area contributed by atoms with E-state index in [0.717, 1.165) is 21.5 Å². The van der Waals surface area contributed by atoms with Crippen molar-refractivity contribution in [2.45, 2.75) is 0 Å². The third-order valence-electron chi connectivity index (χ3n) is 3.29. The molecule has 0 spiro atoms. The molecule has 4 nitrogen and oxygen atoms in total. The standard InChI is InChI=1S/C15H12N4/c16-7-12-3-8-1-10-5-14(18)15(19)6-11(10)2-9(8)4-13(12)17/h1-6H,17-19H2. The highest BCUT2D eigenvalue weighted by molar-refractivity contribution is 6.02. The van der Waals surface area contributed by atoms with E-state index in [1.54, 1.807) is 12.1 Å². The van der Waals surface area contributed by atoms with Gasteiger partial charge in [-0.05, 0) is 57.9 Å². The summed E-state index contributed by atoms with van der Waals surface area (Å²) in [6.07, 6.45) is 0. The summed E-state index contributed by atoms with van der Waals surface area (Å²) in [6, 6.07) is 13.4. The summed E-state index contributed by atoms with van der Waals surface area (Å²) in [4.78, 5) is 0. The zero-order chi connectivity index (χ0) is 13.6. The van der Waals surface area contributed by atoms with Crippen molar-refractivity contribution >= 4 is 38.6 Å². The second-order valence-corrected chi connectivity index (χ2v) is 4.58. The summed E-state index contributed by atoms with van der Waals surface area (Å²) in [5.41, 5.74) is 19.5. The lowest BCUT2D eigenvalue weighted by Gasteiger charge is -2.07. The van der Waals surface area contributed by atoms with Crippen LogP contribution in [-0.4, -0.2) is 0 Å². The van der Waals surface area contributed by atoms with Gasteiger partial charge in [-0.2, -0.15) is 5.26 Å². The number of fused-ring (bicyclic) bond motifs is 2. The Bertz CT molecular complexity index is 860. The van der Waals surface area contributed by atoms with E-state index in [1.807, 2.05) is 24.3 Å². The summed E-state index contributed by atoms with van der Waals surface area (Å²) in [5.74, 6) is 0. The van der Waals surface area contributed by atoms with Crippen LogP contribution in [-0.2, 0) is 0 Å². The zero-order valence-corrected chi connectivity index (χ0v) is 10.1. The molecule has 4 heteroatoms. The van der Waals surface area contributed by atoms with E-state index >= 15 is 0 Å². The van der Waals surface area contributed by atoms with Crippen molar-refractivity contribution < 1.29 is 0 Å². The van der Waals surface area contributed by atoms with Gasteiger partial charge < -0.3 is 17.2 Å². The summed E-state index contributed by atoms with van der Waals surface area (Å²) in [7, 11) is 0. The molecule has 0 heterocycles. The molecule has 3 aromatic carbocycles. The Morgan fingerprint density at radius 3 is 1.53 bits per heavy atom. The molecule has 0 aliphatic heterocycles. The van der Waals surface area contributed by atoms with Crippen LogP contribution >= 0.6 is 0 Å². The maximum atomic E-state index is 9.01. The third-order valence-corrected chi connectivity index (χ3v) is 3.29. The number of rotatable bonds is 0. The van der Waals surface area contributed by atoms with Gasteiger partial charge in [-0.3, -0.25) is 0 Å².